The topological polar surface area (TPSA) is 65.7 Å². The molecule has 1 aliphatic rings. The summed E-state index contributed by atoms with van der Waals surface area (Å²) in [5.41, 5.74) is 2.42. The Morgan fingerprint density at radius 1 is 1.37 bits per heavy atom. The minimum Gasteiger partial charge on any atom is -0.391 e. The third-order valence-electron chi connectivity index (χ3n) is 4.78. The van der Waals surface area contributed by atoms with Gasteiger partial charge in [-0.2, -0.15) is 5.10 Å². The average Bonchev–Trinajstić information content (AvgIpc) is 3.28. The van der Waals surface area contributed by atoms with Crippen LogP contribution in [0.5, 0.6) is 0 Å². The van der Waals surface area contributed by atoms with Crippen molar-refractivity contribution >= 4 is 29.9 Å². The molecular weight excluding hydrogens is 453 g/mol. The molecule has 0 spiro atoms. The zero-order chi connectivity index (χ0) is 18.4. The average molecular weight is 483 g/mol. The van der Waals surface area contributed by atoms with E-state index in [2.05, 4.69) is 33.4 Å². The van der Waals surface area contributed by atoms with Gasteiger partial charge in [-0.3, -0.25) is 9.67 Å². The lowest BCUT2D eigenvalue weighted by atomic mass is 10.0. The summed E-state index contributed by atoms with van der Waals surface area (Å²) in [6.45, 7) is 5.21. The molecule has 0 saturated carbocycles. The summed E-state index contributed by atoms with van der Waals surface area (Å²) in [6, 6.07) is 10.1. The number of likely N-dealkylation sites (tertiary alicyclic amines) is 1. The zero-order valence-corrected chi connectivity index (χ0v) is 18.4. The number of hydrogen-bond acceptors (Lipinski definition) is 3. The molecule has 1 fully saturated rings. The summed E-state index contributed by atoms with van der Waals surface area (Å²) in [4.78, 5) is 6.97. The quantitative estimate of drug-likeness (QED) is 0.377. The monoisotopic (exact) mass is 483 g/mol. The van der Waals surface area contributed by atoms with Crippen molar-refractivity contribution in [1.82, 2.24) is 20.0 Å². The molecule has 7 heteroatoms. The van der Waals surface area contributed by atoms with Gasteiger partial charge in [-0.1, -0.05) is 30.3 Å². The summed E-state index contributed by atoms with van der Waals surface area (Å²) in [5, 5.41) is 18.0. The Bertz CT molecular complexity index is 718. The van der Waals surface area contributed by atoms with Crippen LogP contribution in [0.15, 0.2) is 47.7 Å². The highest BCUT2D eigenvalue weighted by molar-refractivity contribution is 14.0. The number of halogens is 1. The van der Waals surface area contributed by atoms with E-state index in [1.165, 1.54) is 5.56 Å². The zero-order valence-electron chi connectivity index (χ0n) is 16.1. The molecule has 2 heterocycles. The number of aliphatic imine (C=N–C) groups is 1. The number of rotatable bonds is 6. The van der Waals surface area contributed by atoms with Crippen LogP contribution in [0.1, 0.15) is 30.4 Å². The van der Waals surface area contributed by atoms with Crippen LogP contribution in [0.25, 0.3) is 0 Å². The molecule has 2 unspecified atom stereocenters. The van der Waals surface area contributed by atoms with Crippen LogP contribution in [0, 0.1) is 0 Å². The lowest BCUT2D eigenvalue weighted by Gasteiger charge is -2.22. The van der Waals surface area contributed by atoms with Crippen LogP contribution in [-0.4, -0.2) is 58.0 Å². The second-order valence-electron chi connectivity index (χ2n) is 6.92. The van der Waals surface area contributed by atoms with Gasteiger partial charge >= 0.3 is 0 Å². The maximum absolute atomic E-state index is 10.3. The number of aromatic nitrogens is 2. The first-order valence-corrected chi connectivity index (χ1v) is 9.39. The van der Waals surface area contributed by atoms with E-state index in [9.17, 15) is 5.11 Å². The fraction of sp³-hybridized carbons (Fsp3) is 0.500. The van der Waals surface area contributed by atoms with Crippen molar-refractivity contribution in [2.45, 2.75) is 31.8 Å². The van der Waals surface area contributed by atoms with Gasteiger partial charge in [0.15, 0.2) is 5.96 Å². The molecule has 0 amide bonds. The van der Waals surface area contributed by atoms with Crippen LogP contribution in [0.2, 0.25) is 0 Å². The largest absolute Gasteiger partial charge is 0.391 e. The number of nitrogens with one attached hydrogen (secondary N) is 1. The van der Waals surface area contributed by atoms with E-state index in [0.717, 1.165) is 37.6 Å². The summed E-state index contributed by atoms with van der Waals surface area (Å²) < 4.78 is 1.86. The molecule has 1 saturated heterocycles. The number of aliphatic hydroxyl groups excluding tert-OH is 1. The van der Waals surface area contributed by atoms with Crippen LogP contribution < -0.4 is 5.32 Å². The minimum absolute atomic E-state index is 0. The predicted octanol–water partition coefficient (Wildman–Crippen LogP) is 2.40. The Hall–Kier alpha value is -1.61. The van der Waals surface area contributed by atoms with E-state index in [1.54, 1.807) is 0 Å². The van der Waals surface area contributed by atoms with E-state index < -0.39 is 6.10 Å². The molecule has 2 N–H and O–H groups in total. The summed E-state index contributed by atoms with van der Waals surface area (Å²) in [7, 11) is 1.95. The molecule has 2 aromatic rings. The summed E-state index contributed by atoms with van der Waals surface area (Å²) >= 11 is 0. The minimum atomic E-state index is -0.470. The molecule has 1 aromatic carbocycles. The van der Waals surface area contributed by atoms with E-state index in [1.807, 2.05) is 48.3 Å². The van der Waals surface area contributed by atoms with Gasteiger partial charge in [0.25, 0.3) is 0 Å². The number of nitrogens with zero attached hydrogens (tertiary/aromatic N) is 4. The van der Waals surface area contributed by atoms with Crippen LogP contribution >= 0.6 is 24.0 Å². The van der Waals surface area contributed by atoms with Crippen molar-refractivity contribution in [1.29, 1.82) is 0 Å². The second kappa shape index (κ2) is 10.7. The van der Waals surface area contributed by atoms with Gasteiger partial charge in [-0.15, -0.1) is 24.0 Å². The van der Waals surface area contributed by atoms with Gasteiger partial charge in [0, 0.05) is 45.2 Å². The third kappa shape index (κ3) is 6.21. The molecule has 6 nitrogen and oxygen atoms in total. The molecular formula is C20H30IN5O. The predicted molar refractivity (Wildman–Crippen MR) is 120 cm³/mol. The van der Waals surface area contributed by atoms with E-state index in [0.29, 0.717) is 18.9 Å². The Kier molecular flexibility index (Phi) is 8.56. The molecule has 0 aliphatic carbocycles. The SMILES string of the molecule is CCNC(=NCC(O)Cc1ccccc1)N1CCC(c2cnn(C)c2)C1.I. The number of guanidine groups is 1. The molecule has 0 bridgehead atoms. The van der Waals surface area contributed by atoms with E-state index >= 15 is 0 Å². The smallest absolute Gasteiger partial charge is 0.194 e. The molecule has 3 rings (SSSR count). The van der Waals surface area contributed by atoms with E-state index in [4.69, 9.17) is 0 Å². The lowest BCUT2D eigenvalue weighted by Crippen LogP contribution is -2.40. The fourth-order valence-corrected chi connectivity index (χ4v) is 3.44. The van der Waals surface area contributed by atoms with Crippen molar-refractivity contribution in [3.8, 4) is 0 Å². The molecule has 1 aromatic heterocycles. The number of aryl methyl sites for hydroxylation is 1. The first-order chi connectivity index (χ1) is 12.7. The van der Waals surface area contributed by atoms with Crippen molar-refractivity contribution in [3.05, 3.63) is 53.9 Å². The second-order valence-corrected chi connectivity index (χ2v) is 6.92. The standard InChI is InChI=1S/C20H29N5O.HI/c1-3-21-20(22-13-19(26)11-16-7-5-4-6-8-16)25-10-9-17(15-25)18-12-23-24(2)14-18;/h4-8,12,14,17,19,26H,3,9-11,13,15H2,1-2H3,(H,21,22);1H. The third-order valence-corrected chi connectivity index (χ3v) is 4.78. The molecule has 0 radical (unpaired) electrons. The highest BCUT2D eigenvalue weighted by Gasteiger charge is 2.27. The van der Waals surface area contributed by atoms with Gasteiger partial charge in [-0.25, -0.2) is 0 Å². The molecule has 27 heavy (non-hydrogen) atoms. The first kappa shape index (κ1) is 21.7. The van der Waals surface area contributed by atoms with Gasteiger partial charge in [0.05, 0.1) is 18.8 Å². The molecule has 2 atom stereocenters. The van der Waals surface area contributed by atoms with E-state index in [-0.39, 0.29) is 24.0 Å². The molecule has 1 aliphatic heterocycles. The maximum Gasteiger partial charge on any atom is 0.194 e. The van der Waals surface area contributed by atoms with Crippen molar-refractivity contribution in [2.24, 2.45) is 12.0 Å². The Morgan fingerprint density at radius 2 is 2.15 bits per heavy atom. The number of aliphatic hydroxyl groups is 1. The van der Waals surface area contributed by atoms with Crippen LogP contribution in [0.3, 0.4) is 0 Å². The summed E-state index contributed by atoms with van der Waals surface area (Å²) in [6.07, 6.45) is 5.32. The van der Waals surface area contributed by atoms with Crippen molar-refractivity contribution < 1.29 is 5.11 Å². The van der Waals surface area contributed by atoms with Gasteiger partial charge < -0.3 is 15.3 Å². The van der Waals surface area contributed by atoms with Crippen molar-refractivity contribution in [2.75, 3.05) is 26.2 Å². The first-order valence-electron chi connectivity index (χ1n) is 9.39. The maximum atomic E-state index is 10.3. The lowest BCUT2D eigenvalue weighted by molar-refractivity contribution is 0.183. The van der Waals surface area contributed by atoms with Gasteiger partial charge in [-0.05, 0) is 24.5 Å². The summed E-state index contributed by atoms with van der Waals surface area (Å²) in [5.74, 6) is 1.38. The van der Waals surface area contributed by atoms with Crippen LogP contribution in [0.4, 0.5) is 0 Å². The molecule has 148 valence electrons. The number of benzene rings is 1. The van der Waals surface area contributed by atoms with Crippen LogP contribution in [-0.2, 0) is 13.5 Å². The highest BCUT2D eigenvalue weighted by Crippen LogP contribution is 2.26. The van der Waals surface area contributed by atoms with Gasteiger partial charge in [0.1, 0.15) is 0 Å². The fourth-order valence-electron chi connectivity index (χ4n) is 3.44. The Labute approximate surface area is 178 Å². The number of hydrogen-bond donors (Lipinski definition) is 2. The Balaban J connectivity index is 0.00000261. The highest BCUT2D eigenvalue weighted by atomic mass is 127. The normalized spacial score (nSPS) is 18.3. The van der Waals surface area contributed by atoms with Gasteiger partial charge in [0.2, 0.25) is 0 Å². The Morgan fingerprint density at radius 3 is 2.81 bits per heavy atom. The van der Waals surface area contributed by atoms with Crippen molar-refractivity contribution in [3.63, 3.8) is 0 Å².